The van der Waals surface area contributed by atoms with Gasteiger partial charge in [-0.15, -0.1) is 0 Å². The number of aryl methyl sites for hydroxylation is 1. The highest BCUT2D eigenvalue weighted by atomic mass is 19.1. The van der Waals surface area contributed by atoms with Gasteiger partial charge in [0.15, 0.2) is 0 Å². The number of halogens is 1. The average molecular weight is 271 g/mol. The molecule has 0 aliphatic rings. The van der Waals surface area contributed by atoms with Crippen LogP contribution in [0.2, 0.25) is 0 Å². The molecule has 0 aromatic heterocycles. The molecule has 2 aromatic carbocycles. The van der Waals surface area contributed by atoms with E-state index in [9.17, 15) is 9.18 Å². The minimum Gasteiger partial charge on any atom is -0.350 e. The Balaban J connectivity index is 1.83. The molecule has 0 aliphatic heterocycles. The second-order valence-corrected chi connectivity index (χ2v) is 4.83. The van der Waals surface area contributed by atoms with E-state index in [2.05, 4.69) is 5.32 Å². The van der Waals surface area contributed by atoms with Crippen LogP contribution in [-0.2, 0) is 11.2 Å². The zero-order chi connectivity index (χ0) is 14.4. The molecule has 0 aliphatic carbocycles. The van der Waals surface area contributed by atoms with Gasteiger partial charge >= 0.3 is 0 Å². The van der Waals surface area contributed by atoms with Crippen molar-refractivity contribution in [2.24, 2.45) is 0 Å². The lowest BCUT2D eigenvalue weighted by Crippen LogP contribution is -2.26. The van der Waals surface area contributed by atoms with Gasteiger partial charge in [0.2, 0.25) is 5.91 Å². The van der Waals surface area contributed by atoms with Crippen LogP contribution in [0.1, 0.15) is 30.5 Å². The highest BCUT2D eigenvalue weighted by Crippen LogP contribution is 2.13. The third kappa shape index (κ3) is 4.19. The van der Waals surface area contributed by atoms with Crippen molar-refractivity contribution in [1.29, 1.82) is 0 Å². The van der Waals surface area contributed by atoms with Crippen LogP contribution >= 0.6 is 0 Å². The highest BCUT2D eigenvalue weighted by Gasteiger charge is 2.09. The van der Waals surface area contributed by atoms with E-state index in [0.29, 0.717) is 6.42 Å². The lowest BCUT2D eigenvalue weighted by molar-refractivity contribution is -0.121. The zero-order valence-corrected chi connectivity index (χ0v) is 11.5. The molecular weight excluding hydrogens is 253 g/mol. The fourth-order valence-electron chi connectivity index (χ4n) is 2.05. The zero-order valence-electron chi connectivity index (χ0n) is 11.5. The maximum absolute atomic E-state index is 12.8. The smallest absolute Gasteiger partial charge is 0.220 e. The molecule has 104 valence electrons. The summed E-state index contributed by atoms with van der Waals surface area (Å²) in [7, 11) is 0. The summed E-state index contributed by atoms with van der Waals surface area (Å²) in [5.41, 5.74) is 2.05. The second kappa shape index (κ2) is 6.85. The quantitative estimate of drug-likeness (QED) is 0.884. The van der Waals surface area contributed by atoms with Crippen LogP contribution in [0.4, 0.5) is 4.39 Å². The van der Waals surface area contributed by atoms with E-state index in [4.69, 9.17) is 0 Å². The lowest BCUT2D eigenvalue weighted by atomic mass is 10.1. The fraction of sp³-hybridized carbons (Fsp3) is 0.235. The molecule has 2 nitrogen and oxygen atoms in total. The molecule has 1 amide bonds. The maximum Gasteiger partial charge on any atom is 0.220 e. The first-order valence-electron chi connectivity index (χ1n) is 6.74. The summed E-state index contributed by atoms with van der Waals surface area (Å²) in [6.45, 7) is 1.90. The van der Waals surface area contributed by atoms with Crippen LogP contribution in [0, 0.1) is 5.82 Å². The Labute approximate surface area is 118 Å². The number of carbonyl (C=O) groups is 1. The average Bonchev–Trinajstić information content (AvgIpc) is 2.47. The van der Waals surface area contributed by atoms with E-state index in [1.54, 1.807) is 12.1 Å². The van der Waals surface area contributed by atoms with Crippen molar-refractivity contribution >= 4 is 5.91 Å². The van der Waals surface area contributed by atoms with E-state index >= 15 is 0 Å². The van der Waals surface area contributed by atoms with Crippen molar-refractivity contribution in [2.45, 2.75) is 25.8 Å². The summed E-state index contributed by atoms with van der Waals surface area (Å²) in [5, 5.41) is 2.92. The summed E-state index contributed by atoms with van der Waals surface area (Å²) in [6, 6.07) is 16.0. The van der Waals surface area contributed by atoms with Crippen LogP contribution in [0.3, 0.4) is 0 Å². The van der Waals surface area contributed by atoms with Gasteiger partial charge in [-0.05, 0) is 36.6 Å². The predicted molar refractivity (Wildman–Crippen MR) is 77.7 cm³/mol. The van der Waals surface area contributed by atoms with E-state index < -0.39 is 0 Å². The Morgan fingerprint density at radius 3 is 2.40 bits per heavy atom. The Kier molecular flexibility index (Phi) is 4.88. The first-order chi connectivity index (χ1) is 9.65. The monoisotopic (exact) mass is 271 g/mol. The fourth-order valence-corrected chi connectivity index (χ4v) is 2.05. The summed E-state index contributed by atoms with van der Waals surface area (Å²) in [4.78, 5) is 11.9. The molecule has 0 radical (unpaired) electrons. The predicted octanol–water partition coefficient (Wildman–Crippen LogP) is 3.64. The SMILES string of the molecule is CC(NC(=O)CCc1ccccc1)c1ccc(F)cc1. The summed E-state index contributed by atoms with van der Waals surface area (Å²) < 4.78 is 12.8. The van der Waals surface area contributed by atoms with Crippen molar-refractivity contribution in [1.82, 2.24) is 5.32 Å². The molecule has 0 fully saturated rings. The Morgan fingerprint density at radius 2 is 1.75 bits per heavy atom. The van der Waals surface area contributed by atoms with Crippen LogP contribution in [0.25, 0.3) is 0 Å². The molecule has 0 bridgehead atoms. The van der Waals surface area contributed by atoms with Crippen LogP contribution in [-0.4, -0.2) is 5.91 Å². The van der Waals surface area contributed by atoms with Gasteiger partial charge in [0.05, 0.1) is 6.04 Å². The molecule has 0 spiro atoms. The standard InChI is InChI=1S/C17H18FNO/c1-13(15-8-10-16(18)11-9-15)19-17(20)12-7-14-5-3-2-4-6-14/h2-6,8-11,13H,7,12H2,1H3,(H,19,20). The van der Waals surface area contributed by atoms with Crippen LogP contribution in [0.15, 0.2) is 54.6 Å². The number of hydrogen-bond acceptors (Lipinski definition) is 1. The topological polar surface area (TPSA) is 29.1 Å². The Bertz CT molecular complexity index is 551. The molecule has 20 heavy (non-hydrogen) atoms. The van der Waals surface area contributed by atoms with Gasteiger partial charge in [-0.25, -0.2) is 4.39 Å². The van der Waals surface area contributed by atoms with Crippen LogP contribution < -0.4 is 5.32 Å². The van der Waals surface area contributed by atoms with Gasteiger partial charge < -0.3 is 5.32 Å². The molecule has 1 atom stereocenters. The number of benzene rings is 2. The van der Waals surface area contributed by atoms with Crippen molar-refractivity contribution in [2.75, 3.05) is 0 Å². The summed E-state index contributed by atoms with van der Waals surface area (Å²) in [5.74, 6) is -0.262. The molecule has 1 unspecified atom stereocenters. The van der Waals surface area contributed by atoms with E-state index in [-0.39, 0.29) is 17.8 Å². The third-order valence-corrected chi connectivity index (χ3v) is 3.23. The normalized spacial score (nSPS) is 11.9. The van der Waals surface area contributed by atoms with E-state index in [1.807, 2.05) is 37.3 Å². The van der Waals surface area contributed by atoms with Gasteiger partial charge in [-0.3, -0.25) is 4.79 Å². The number of rotatable bonds is 5. The number of carbonyl (C=O) groups excluding carboxylic acids is 1. The van der Waals surface area contributed by atoms with Crippen molar-refractivity contribution in [3.05, 3.63) is 71.5 Å². The minimum absolute atomic E-state index is 0.00526. The largest absolute Gasteiger partial charge is 0.350 e. The first kappa shape index (κ1) is 14.3. The number of amides is 1. The van der Waals surface area contributed by atoms with Gasteiger partial charge in [0.1, 0.15) is 5.82 Å². The summed E-state index contributed by atoms with van der Waals surface area (Å²) >= 11 is 0. The van der Waals surface area contributed by atoms with Crippen molar-refractivity contribution < 1.29 is 9.18 Å². The molecule has 1 N–H and O–H groups in total. The van der Waals surface area contributed by atoms with E-state index in [0.717, 1.165) is 17.5 Å². The van der Waals surface area contributed by atoms with Crippen LogP contribution in [0.5, 0.6) is 0 Å². The van der Waals surface area contributed by atoms with Gasteiger partial charge in [0.25, 0.3) is 0 Å². The third-order valence-electron chi connectivity index (χ3n) is 3.23. The van der Waals surface area contributed by atoms with Gasteiger partial charge in [-0.1, -0.05) is 42.5 Å². The molecule has 2 rings (SSSR count). The molecule has 0 saturated heterocycles. The first-order valence-corrected chi connectivity index (χ1v) is 6.74. The van der Waals surface area contributed by atoms with Crippen molar-refractivity contribution in [3.8, 4) is 0 Å². The Morgan fingerprint density at radius 1 is 1.10 bits per heavy atom. The molecule has 0 saturated carbocycles. The van der Waals surface area contributed by atoms with Gasteiger partial charge in [0, 0.05) is 6.42 Å². The highest BCUT2D eigenvalue weighted by molar-refractivity contribution is 5.76. The molecule has 0 heterocycles. The van der Waals surface area contributed by atoms with E-state index in [1.165, 1.54) is 12.1 Å². The molecule has 2 aromatic rings. The summed E-state index contributed by atoms with van der Waals surface area (Å²) in [6.07, 6.45) is 1.18. The maximum atomic E-state index is 12.8. The number of hydrogen-bond donors (Lipinski definition) is 1. The minimum atomic E-state index is -0.267. The molecule has 3 heteroatoms. The lowest BCUT2D eigenvalue weighted by Gasteiger charge is -2.14. The number of nitrogens with one attached hydrogen (secondary N) is 1. The second-order valence-electron chi connectivity index (χ2n) is 4.83. The van der Waals surface area contributed by atoms with Gasteiger partial charge in [-0.2, -0.15) is 0 Å². The Hall–Kier alpha value is -2.16. The van der Waals surface area contributed by atoms with Crippen molar-refractivity contribution in [3.63, 3.8) is 0 Å². The molecular formula is C17H18FNO.